The van der Waals surface area contributed by atoms with Gasteiger partial charge in [0.05, 0.1) is 12.7 Å². The molecule has 1 aliphatic rings. The molecule has 8 heteroatoms. The number of hydrogen-bond acceptors (Lipinski definition) is 7. The molecule has 8 nitrogen and oxygen atoms in total. The van der Waals surface area contributed by atoms with Crippen molar-refractivity contribution in [2.24, 2.45) is 0 Å². The quantitative estimate of drug-likeness (QED) is 0.375. The Morgan fingerprint density at radius 3 is 2.08 bits per heavy atom. The Bertz CT molecular complexity index is 1410. The first-order valence-electron chi connectivity index (χ1n) is 12.3. The van der Waals surface area contributed by atoms with Gasteiger partial charge in [0.2, 0.25) is 5.95 Å². The number of nitrogens with zero attached hydrogens (tertiary/aromatic N) is 7. The monoisotopic (exact) mass is 476 g/mol. The zero-order valence-corrected chi connectivity index (χ0v) is 20.0. The van der Waals surface area contributed by atoms with Crippen molar-refractivity contribution in [1.29, 1.82) is 0 Å². The summed E-state index contributed by atoms with van der Waals surface area (Å²) in [6, 6.07) is 29.4. The zero-order valence-electron chi connectivity index (χ0n) is 20.0. The normalized spacial score (nSPS) is 14.3. The van der Waals surface area contributed by atoms with E-state index in [-0.39, 0.29) is 0 Å². The van der Waals surface area contributed by atoms with E-state index in [0.717, 1.165) is 44.0 Å². The Morgan fingerprint density at radius 2 is 1.39 bits per heavy atom. The predicted octanol–water partition coefficient (Wildman–Crippen LogP) is 4.34. The third kappa shape index (κ3) is 5.04. The van der Waals surface area contributed by atoms with Gasteiger partial charge in [-0.15, -0.1) is 5.10 Å². The van der Waals surface area contributed by atoms with Gasteiger partial charge in [0.15, 0.2) is 11.2 Å². The summed E-state index contributed by atoms with van der Waals surface area (Å²) in [6.45, 7) is 5.80. The number of aromatic nitrogens is 5. The Hall–Kier alpha value is -4.30. The maximum atomic E-state index is 4.68. The van der Waals surface area contributed by atoms with E-state index in [4.69, 9.17) is 0 Å². The third-order valence-corrected chi connectivity index (χ3v) is 6.54. The zero-order chi connectivity index (χ0) is 24.2. The van der Waals surface area contributed by atoms with E-state index in [1.807, 2.05) is 18.2 Å². The van der Waals surface area contributed by atoms with Crippen molar-refractivity contribution in [3.05, 3.63) is 102 Å². The van der Waals surface area contributed by atoms with E-state index >= 15 is 0 Å². The minimum atomic E-state index is 0.529. The Kier molecular flexibility index (Phi) is 6.24. The van der Waals surface area contributed by atoms with Gasteiger partial charge in [-0.1, -0.05) is 65.9 Å². The number of rotatable bonds is 7. The van der Waals surface area contributed by atoms with Crippen LogP contribution in [-0.2, 0) is 13.1 Å². The molecule has 0 atom stereocenters. The van der Waals surface area contributed by atoms with Gasteiger partial charge < -0.3 is 10.2 Å². The summed E-state index contributed by atoms with van der Waals surface area (Å²) >= 11 is 0. The third-order valence-electron chi connectivity index (χ3n) is 6.54. The summed E-state index contributed by atoms with van der Waals surface area (Å²) in [7, 11) is 0. The van der Waals surface area contributed by atoms with Crippen molar-refractivity contribution >= 4 is 28.5 Å². The van der Waals surface area contributed by atoms with Crippen LogP contribution in [0.25, 0.3) is 11.2 Å². The lowest BCUT2D eigenvalue weighted by Crippen LogP contribution is -2.45. The molecule has 6 rings (SSSR count). The van der Waals surface area contributed by atoms with Gasteiger partial charge in [-0.25, -0.2) is 9.67 Å². The summed E-state index contributed by atoms with van der Waals surface area (Å²) in [6.07, 6.45) is 1.71. The lowest BCUT2D eigenvalue weighted by molar-refractivity contribution is 0.250. The number of nitrogens with one attached hydrogen (secondary N) is 1. The largest absolute Gasteiger partial charge is 0.369 e. The van der Waals surface area contributed by atoms with E-state index in [1.54, 1.807) is 10.9 Å². The van der Waals surface area contributed by atoms with Crippen molar-refractivity contribution in [2.75, 3.05) is 36.4 Å². The molecule has 0 amide bonds. The molecule has 36 heavy (non-hydrogen) atoms. The van der Waals surface area contributed by atoms with Gasteiger partial charge in [0.25, 0.3) is 0 Å². The lowest BCUT2D eigenvalue weighted by Gasteiger charge is -2.36. The SMILES string of the molecule is c1ccc(CN2CCN(c3ccc(Nc4ncc5nnn(Cc6ccccc6)c5n4)cc3)CC2)cc1. The second kappa shape index (κ2) is 10.1. The number of hydrogen-bond donors (Lipinski definition) is 1. The highest BCUT2D eigenvalue weighted by molar-refractivity contribution is 5.71. The van der Waals surface area contributed by atoms with Gasteiger partial charge in [-0.3, -0.25) is 4.90 Å². The van der Waals surface area contributed by atoms with E-state index in [9.17, 15) is 0 Å². The standard InChI is InChI=1S/C28H28N8/c1-3-7-22(8-4-1)20-34-15-17-35(18-16-34)25-13-11-24(12-14-25)30-28-29-19-26-27(31-28)36(33-32-26)21-23-9-5-2-6-10-23/h1-14,19H,15-18,20-21H2,(H,29,30,31). The van der Waals surface area contributed by atoms with Crippen LogP contribution in [0, 0.1) is 0 Å². The molecule has 3 aromatic carbocycles. The van der Waals surface area contributed by atoms with Crippen LogP contribution in [0.2, 0.25) is 0 Å². The fourth-order valence-electron chi connectivity index (χ4n) is 4.59. The first-order valence-corrected chi connectivity index (χ1v) is 12.3. The fraction of sp³-hybridized carbons (Fsp3) is 0.214. The smallest absolute Gasteiger partial charge is 0.229 e. The van der Waals surface area contributed by atoms with Gasteiger partial charge >= 0.3 is 0 Å². The van der Waals surface area contributed by atoms with Crippen molar-refractivity contribution in [1.82, 2.24) is 29.9 Å². The first-order chi connectivity index (χ1) is 17.8. The Balaban J connectivity index is 1.09. The van der Waals surface area contributed by atoms with Gasteiger partial charge in [0.1, 0.15) is 0 Å². The summed E-state index contributed by atoms with van der Waals surface area (Å²) in [4.78, 5) is 14.1. The molecule has 0 bridgehead atoms. The van der Waals surface area contributed by atoms with E-state index in [0.29, 0.717) is 23.7 Å². The molecule has 1 fully saturated rings. The van der Waals surface area contributed by atoms with E-state index < -0.39 is 0 Å². The maximum Gasteiger partial charge on any atom is 0.229 e. The Labute approximate surface area is 210 Å². The minimum Gasteiger partial charge on any atom is -0.369 e. The van der Waals surface area contributed by atoms with Crippen LogP contribution in [0.4, 0.5) is 17.3 Å². The molecule has 0 saturated carbocycles. The van der Waals surface area contributed by atoms with Crippen LogP contribution in [-0.4, -0.2) is 56.0 Å². The molecular weight excluding hydrogens is 448 g/mol. The maximum absolute atomic E-state index is 4.68. The van der Waals surface area contributed by atoms with Crippen LogP contribution in [0.5, 0.6) is 0 Å². The van der Waals surface area contributed by atoms with Crippen LogP contribution in [0.3, 0.4) is 0 Å². The molecule has 180 valence electrons. The highest BCUT2D eigenvalue weighted by Crippen LogP contribution is 2.22. The molecular formula is C28H28N8. The number of fused-ring (bicyclic) bond motifs is 1. The topological polar surface area (TPSA) is 75.0 Å². The van der Waals surface area contributed by atoms with Crippen LogP contribution in [0.1, 0.15) is 11.1 Å². The molecule has 3 heterocycles. The van der Waals surface area contributed by atoms with Crippen LogP contribution < -0.4 is 10.2 Å². The molecule has 0 unspecified atom stereocenters. The summed E-state index contributed by atoms with van der Waals surface area (Å²) < 4.78 is 1.80. The highest BCUT2D eigenvalue weighted by atomic mass is 15.4. The lowest BCUT2D eigenvalue weighted by atomic mass is 10.2. The van der Waals surface area contributed by atoms with Gasteiger partial charge in [0, 0.05) is 44.1 Å². The average molecular weight is 477 g/mol. The fourth-order valence-corrected chi connectivity index (χ4v) is 4.59. The van der Waals surface area contributed by atoms with Gasteiger partial charge in [-0.05, 0) is 35.4 Å². The van der Waals surface area contributed by atoms with Crippen LogP contribution in [0.15, 0.2) is 91.1 Å². The van der Waals surface area contributed by atoms with E-state index in [2.05, 4.69) is 102 Å². The second-order valence-electron chi connectivity index (χ2n) is 9.06. The average Bonchev–Trinajstić information content (AvgIpc) is 3.33. The highest BCUT2D eigenvalue weighted by Gasteiger charge is 2.17. The van der Waals surface area contributed by atoms with Crippen molar-refractivity contribution in [3.8, 4) is 0 Å². The number of benzene rings is 3. The molecule has 0 aliphatic carbocycles. The van der Waals surface area contributed by atoms with Crippen LogP contribution >= 0.6 is 0 Å². The molecule has 5 aromatic rings. The molecule has 0 spiro atoms. The van der Waals surface area contributed by atoms with E-state index in [1.165, 1.54) is 11.3 Å². The van der Waals surface area contributed by atoms with Crippen molar-refractivity contribution < 1.29 is 0 Å². The van der Waals surface area contributed by atoms with Crippen molar-refractivity contribution in [3.63, 3.8) is 0 Å². The summed E-state index contributed by atoms with van der Waals surface area (Å²) in [5.41, 5.74) is 6.10. The first kappa shape index (κ1) is 22.2. The number of anilines is 3. The Morgan fingerprint density at radius 1 is 0.722 bits per heavy atom. The molecule has 1 aliphatic heterocycles. The van der Waals surface area contributed by atoms with Crippen molar-refractivity contribution in [2.45, 2.75) is 13.1 Å². The predicted molar refractivity (Wildman–Crippen MR) is 142 cm³/mol. The number of piperazine rings is 1. The molecule has 0 radical (unpaired) electrons. The van der Waals surface area contributed by atoms with Gasteiger partial charge in [-0.2, -0.15) is 4.98 Å². The molecule has 2 aromatic heterocycles. The summed E-state index contributed by atoms with van der Waals surface area (Å²) in [5, 5.41) is 11.8. The molecule has 1 saturated heterocycles. The minimum absolute atomic E-state index is 0.529. The summed E-state index contributed by atoms with van der Waals surface area (Å²) in [5.74, 6) is 0.529. The molecule has 1 N–H and O–H groups in total. The second-order valence-corrected chi connectivity index (χ2v) is 9.06.